The van der Waals surface area contributed by atoms with E-state index in [2.05, 4.69) is 41.6 Å². The monoisotopic (exact) mass is 432 g/mol. The average Bonchev–Trinajstić information content (AvgIpc) is 3.11. The molecule has 1 heterocycles. The van der Waals surface area contributed by atoms with Gasteiger partial charge in [-0.2, -0.15) is 0 Å². The minimum absolute atomic E-state index is 0.206. The standard InChI is InChI=1S/C24H27Cl2FN2/c1-18(2)11-13-28(15-20-7-10-23(25)24(26)14-20)17-22-4-3-12-29(22)16-19-5-8-21(27)9-6-19/h3-10,12,14,18H,11,13,15-17H2,1-2H3. The van der Waals surface area contributed by atoms with Crippen LogP contribution in [0.3, 0.4) is 0 Å². The maximum Gasteiger partial charge on any atom is 0.123 e. The van der Waals surface area contributed by atoms with Crippen molar-refractivity contribution in [2.75, 3.05) is 6.54 Å². The summed E-state index contributed by atoms with van der Waals surface area (Å²) in [5, 5.41) is 1.17. The lowest BCUT2D eigenvalue weighted by molar-refractivity contribution is 0.235. The third-order valence-corrected chi connectivity index (χ3v) is 5.73. The minimum atomic E-state index is -0.206. The van der Waals surface area contributed by atoms with Gasteiger partial charge < -0.3 is 4.57 Å². The van der Waals surface area contributed by atoms with Crippen LogP contribution < -0.4 is 0 Å². The van der Waals surface area contributed by atoms with Gasteiger partial charge in [0.15, 0.2) is 0 Å². The molecule has 0 radical (unpaired) electrons. The second-order valence-electron chi connectivity index (χ2n) is 7.90. The van der Waals surface area contributed by atoms with Crippen LogP contribution in [0, 0.1) is 11.7 Å². The number of nitrogens with zero attached hydrogens (tertiary/aromatic N) is 2. The highest BCUT2D eigenvalue weighted by atomic mass is 35.5. The first-order valence-corrected chi connectivity index (χ1v) is 10.7. The van der Waals surface area contributed by atoms with Crippen LogP contribution in [0.2, 0.25) is 10.0 Å². The molecule has 0 saturated carbocycles. The van der Waals surface area contributed by atoms with Gasteiger partial charge in [0.05, 0.1) is 10.0 Å². The summed E-state index contributed by atoms with van der Waals surface area (Å²) in [4.78, 5) is 2.44. The van der Waals surface area contributed by atoms with E-state index >= 15 is 0 Å². The van der Waals surface area contributed by atoms with Crippen molar-refractivity contribution in [3.8, 4) is 0 Å². The summed E-state index contributed by atoms with van der Waals surface area (Å²) in [6.45, 7) is 7.86. The Bertz CT molecular complexity index is 919. The first-order chi connectivity index (χ1) is 13.9. The number of halogens is 3. The van der Waals surface area contributed by atoms with Crippen LogP contribution in [0.5, 0.6) is 0 Å². The molecule has 0 amide bonds. The molecule has 2 aromatic carbocycles. The average molecular weight is 433 g/mol. The Labute approximate surface area is 182 Å². The quantitative estimate of drug-likeness (QED) is 0.352. The van der Waals surface area contributed by atoms with Gasteiger partial charge in [-0.15, -0.1) is 0 Å². The van der Waals surface area contributed by atoms with Gasteiger partial charge in [-0.3, -0.25) is 4.90 Å². The molecule has 154 valence electrons. The van der Waals surface area contributed by atoms with Crippen LogP contribution in [0.25, 0.3) is 0 Å². The van der Waals surface area contributed by atoms with Gasteiger partial charge in [0.25, 0.3) is 0 Å². The van der Waals surface area contributed by atoms with Crippen LogP contribution in [0.4, 0.5) is 4.39 Å². The summed E-state index contributed by atoms with van der Waals surface area (Å²) in [5.74, 6) is 0.431. The number of hydrogen-bond acceptors (Lipinski definition) is 1. The number of aromatic nitrogens is 1. The Kier molecular flexibility index (Phi) is 7.77. The van der Waals surface area contributed by atoms with E-state index in [-0.39, 0.29) is 5.82 Å². The molecule has 1 aromatic heterocycles. The second-order valence-corrected chi connectivity index (χ2v) is 8.71. The Hall–Kier alpha value is -1.81. The number of hydrogen-bond donors (Lipinski definition) is 0. The van der Waals surface area contributed by atoms with Crippen molar-refractivity contribution in [3.05, 3.63) is 93.5 Å². The molecule has 3 rings (SSSR count). The summed E-state index contributed by atoms with van der Waals surface area (Å²) in [6.07, 6.45) is 3.21. The van der Waals surface area contributed by atoms with Gasteiger partial charge in [0.2, 0.25) is 0 Å². The Morgan fingerprint density at radius 1 is 0.931 bits per heavy atom. The molecule has 0 bridgehead atoms. The van der Waals surface area contributed by atoms with Crippen molar-refractivity contribution < 1.29 is 4.39 Å². The lowest BCUT2D eigenvalue weighted by Gasteiger charge is -2.24. The lowest BCUT2D eigenvalue weighted by atomic mass is 10.1. The molecule has 0 aliphatic carbocycles. The van der Waals surface area contributed by atoms with Crippen molar-refractivity contribution in [2.45, 2.75) is 39.9 Å². The molecular weight excluding hydrogens is 406 g/mol. The summed E-state index contributed by atoms with van der Waals surface area (Å²) in [5.41, 5.74) is 3.47. The molecule has 0 atom stereocenters. The third-order valence-electron chi connectivity index (χ3n) is 4.99. The van der Waals surface area contributed by atoms with E-state index in [4.69, 9.17) is 23.2 Å². The van der Waals surface area contributed by atoms with Crippen LogP contribution in [-0.4, -0.2) is 16.0 Å². The fourth-order valence-corrected chi connectivity index (χ4v) is 3.63. The molecule has 0 N–H and O–H groups in total. The summed E-state index contributed by atoms with van der Waals surface area (Å²) in [6, 6.07) is 16.8. The first-order valence-electron chi connectivity index (χ1n) is 9.95. The molecule has 0 spiro atoms. The van der Waals surface area contributed by atoms with Gasteiger partial charge in [0, 0.05) is 31.5 Å². The van der Waals surface area contributed by atoms with Crippen LogP contribution >= 0.6 is 23.2 Å². The molecule has 3 aromatic rings. The lowest BCUT2D eigenvalue weighted by Crippen LogP contribution is -2.26. The number of rotatable bonds is 9. The molecule has 29 heavy (non-hydrogen) atoms. The highest BCUT2D eigenvalue weighted by molar-refractivity contribution is 6.42. The van der Waals surface area contributed by atoms with Crippen molar-refractivity contribution in [3.63, 3.8) is 0 Å². The fraction of sp³-hybridized carbons (Fsp3) is 0.333. The van der Waals surface area contributed by atoms with Crippen molar-refractivity contribution in [1.29, 1.82) is 0 Å². The summed E-state index contributed by atoms with van der Waals surface area (Å²) < 4.78 is 15.4. The van der Waals surface area contributed by atoms with E-state index < -0.39 is 0 Å². The maximum absolute atomic E-state index is 13.2. The zero-order valence-electron chi connectivity index (χ0n) is 16.9. The van der Waals surface area contributed by atoms with Crippen molar-refractivity contribution in [1.82, 2.24) is 9.47 Å². The topological polar surface area (TPSA) is 8.17 Å². The maximum atomic E-state index is 13.2. The molecule has 5 heteroatoms. The molecule has 2 nitrogen and oxygen atoms in total. The van der Waals surface area contributed by atoms with Crippen LogP contribution in [-0.2, 0) is 19.6 Å². The second kappa shape index (κ2) is 10.3. The predicted molar refractivity (Wildman–Crippen MR) is 120 cm³/mol. The van der Waals surface area contributed by atoms with Gasteiger partial charge in [-0.05, 0) is 66.4 Å². The Morgan fingerprint density at radius 2 is 1.66 bits per heavy atom. The van der Waals surface area contributed by atoms with Gasteiger partial charge in [0.1, 0.15) is 5.82 Å². The predicted octanol–water partition coefficient (Wildman–Crippen LogP) is 7.03. The Morgan fingerprint density at radius 3 is 2.34 bits per heavy atom. The zero-order chi connectivity index (χ0) is 20.8. The third kappa shape index (κ3) is 6.60. The van der Waals surface area contributed by atoms with E-state index in [0.29, 0.717) is 16.0 Å². The summed E-state index contributed by atoms with van der Waals surface area (Å²) >= 11 is 12.3. The number of benzene rings is 2. The van der Waals surface area contributed by atoms with Gasteiger partial charge in [-0.25, -0.2) is 4.39 Å². The molecule has 0 aliphatic heterocycles. The van der Waals surface area contributed by atoms with E-state index in [9.17, 15) is 4.39 Å². The first kappa shape index (κ1) is 21.9. The highest BCUT2D eigenvalue weighted by Gasteiger charge is 2.12. The molecular formula is C24H27Cl2FN2. The molecule has 0 aliphatic rings. The van der Waals surface area contributed by atoms with Crippen molar-refractivity contribution >= 4 is 23.2 Å². The largest absolute Gasteiger partial charge is 0.346 e. The molecule has 0 fully saturated rings. The zero-order valence-corrected chi connectivity index (χ0v) is 18.4. The smallest absolute Gasteiger partial charge is 0.123 e. The van der Waals surface area contributed by atoms with E-state index in [1.807, 2.05) is 30.3 Å². The van der Waals surface area contributed by atoms with Crippen LogP contribution in [0.15, 0.2) is 60.8 Å². The normalized spacial score (nSPS) is 11.6. The highest BCUT2D eigenvalue weighted by Crippen LogP contribution is 2.24. The molecule has 0 saturated heterocycles. The minimum Gasteiger partial charge on any atom is -0.346 e. The van der Waals surface area contributed by atoms with Crippen molar-refractivity contribution in [2.24, 2.45) is 5.92 Å². The van der Waals surface area contributed by atoms with E-state index in [1.165, 1.54) is 17.8 Å². The van der Waals surface area contributed by atoms with Crippen LogP contribution in [0.1, 0.15) is 37.1 Å². The van der Waals surface area contributed by atoms with E-state index in [0.717, 1.165) is 43.7 Å². The summed E-state index contributed by atoms with van der Waals surface area (Å²) in [7, 11) is 0. The SMILES string of the molecule is CC(C)CCN(Cc1ccc(Cl)c(Cl)c1)Cc1cccn1Cc1ccc(F)cc1. The Balaban J connectivity index is 1.74. The molecule has 0 unspecified atom stereocenters. The van der Waals surface area contributed by atoms with Gasteiger partial charge in [-0.1, -0.05) is 55.2 Å². The van der Waals surface area contributed by atoms with E-state index in [1.54, 1.807) is 0 Å². The van der Waals surface area contributed by atoms with Gasteiger partial charge >= 0.3 is 0 Å². The fourth-order valence-electron chi connectivity index (χ4n) is 3.31.